The van der Waals surface area contributed by atoms with Gasteiger partial charge in [0.2, 0.25) is 5.91 Å². The number of carbonyl (C=O) groups excluding carboxylic acids is 1. The Balaban J connectivity index is 2.27. The predicted octanol–water partition coefficient (Wildman–Crippen LogP) is 2.94. The Hall–Kier alpha value is -1.42. The minimum atomic E-state index is 0.0981. The summed E-state index contributed by atoms with van der Waals surface area (Å²) in [5.41, 5.74) is 0. The fourth-order valence-electron chi connectivity index (χ4n) is 1.63. The molecule has 0 bridgehead atoms. The molecule has 20 heavy (non-hydrogen) atoms. The molecule has 1 amide bonds. The molecule has 0 heterocycles. The molecule has 0 aromatic heterocycles. The van der Waals surface area contributed by atoms with Gasteiger partial charge in [0.15, 0.2) is 0 Å². The molecular weight excluding hydrogens is 278 g/mol. The molecule has 5 heteroatoms. The van der Waals surface area contributed by atoms with Crippen LogP contribution in [0.25, 0.3) is 0 Å². The second kappa shape index (κ2) is 9.48. The zero-order valence-corrected chi connectivity index (χ0v) is 12.9. The van der Waals surface area contributed by atoms with Gasteiger partial charge in [-0.2, -0.15) is 0 Å². The third-order valence-electron chi connectivity index (χ3n) is 2.78. The second-order valence-corrected chi connectivity index (χ2v) is 4.74. The van der Waals surface area contributed by atoms with Crippen molar-refractivity contribution in [2.24, 2.45) is 0 Å². The van der Waals surface area contributed by atoms with Gasteiger partial charge in [0.1, 0.15) is 18.1 Å². The van der Waals surface area contributed by atoms with Gasteiger partial charge in [-0.05, 0) is 37.6 Å². The fraction of sp³-hybridized carbons (Fsp3) is 0.533. The first-order chi connectivity index (χ1) is 9.67. The average molecular weight is 300 g/mol. The highest BCUT2D eigenvalue weighted by Crippen LogP contribution is 2.17. The van der Waals surface area contributed by atoms with E-state index in [1.807, 2.05) is 31.2 Å². The highest BCUT2D eigenvalue weighted by molar-refractivity contribution is 6.17. The van der Waals surface area contributed by atoms with E-state index in [4.69, 9.17) is 21.1 Å². The summed E-state index contributed by atoms with van der Waals surface area (Å²) in [4.78, 5) is 13.3. The van der Waals surface area contributed by atoms with Crippen molar-refractivity contribution in [2.75, 3.05) is 32.7 Å². The molecule has 0 N–H and O–H groups in total. The number of alkyl halides is 1. The molecule has 0 saturated carbocycles. The van der Waals surface area contributed by atoms with Crippen molar-refractivity contribution in [3.63, 3.8) is 0 Å². The van der Waals surface area contributed by atoms with E-state index < -0.39 is 0 Å². The Kier molecular flexibility index (Phi) is 7.88. The van der Waals surface area contributed by atoms with Crippen LogP contribution in [0.5, 0.6) is 11.5 Å². The number of hydrogen-bond donors (Lipinski definition) is 0. The van der Waals surface area contributed by atoms with Crippen LogP contribution in [0, 0.1) is 0 Å². The van der Waals surface area contributed by atoms with Crippen LogP contribution in [0.3, 0.4) is 0 Å². The number of hydrogen-bond acceptors (Lipinski definition) is 3. The summed E-state index contributed by atoms with van der Waals surface area (Å²) in [6.45, 7) is 3.63. The highest BCUT2D eigenvalue weighted by atomic mass is 35.5. The van der Waals surface area contributed by atoms with Crippen LogP contribution < -0.4 is 9.47 Å². The zero-order valence-electron chi connectivity index (χ0n) is 12.1. The number of nitrogens with zero attached hydrogens (tertiary/aromatic N) is 1. The Morgan fingerprint density at radius 1 is 1.20 bits per heavy atom. The summed E-state index contributed by atoms with van der Waals surface area (Å²) in [5.74, 6) is 2.21. The Morgan fingerprint density at radius 3 is 2.35 bits per heavy atom. The largest absolute Gasteiger partial charge is 0.494 e. The smallest absolute Gasteiger partial charge is 0.222 e. The Labute approximate surface area is 125 Å². The van der Waals surface area contributed by atoms with E-state index in [1.165, 1.54) is 0 Å². The molecule has 0 aliphatic carbocycles. The lowest BCUT2D eigenvalue weighted by Gasteiger charge is -2.17. The van der Waals surface area contributed by atoms with Gasteiger partial charge in [-0.25, -0.2) is 0 Å². The van der Waals surface area contributed by atoms with E-state index in [0.29, 0.717) is 38.5 Å². The van der Waals surface area contributed by atoms with Crippen LogP contribution in [-0.4, -0.2) is 43.5 Å². The summed E-state index contributed by atoms with van der Waals surface area (Å²) in [6.07, 6.45) is 1.20. The predicted molar refractivity (Wildman–Crippen MR) is 80.7 cm³/mol. The first-order valence-corrected chi connectivity index (χ1v) is 7.36. The maximum atomic E-state index is 11.7. The highest BCUT2D eigenvalue weighted by Gasteiger charge is 2.07. The van der Waals surface area contributed by atoms with Crippen LogP contribution in [0.1, 0.15) is 19.8 Å². The van der Waals surface area contributed by atoms with Crippen LogP contribution in [-0.2, 0) is 4.79 Å². The van der Waals surface area contributed by atoms with Gasteiger partial charge in [0, 0.05) is 19.3 Å². The number of carbonyl (C=O) groups is 1. The lowest BCUT2D eigenvalue weighted by molar-refractivity contribution is -0.130. The van der Waals surface area contributed by atoms with E-state index in [2.05, 4.69) is 0 Å². The molecule has 112 valence electrons. The SMILES string of the molecule is CCOc1ccc(OCCN(C)C(=O)CCCCl)cc1. The van der Waals surface area contributed by atoms with Crippen molar-refractivity contribution in [3.05, 3.63) is 24.3 Å². The number of halogens is 1. The molecule has 4 nitrogen and oxygen atoms in total. The van der Waals surface area contributed by atoms with Gasteiger partial charge in [0.05, 0.1) is 13.2 Å². The first-order valence-electron chi connectivity index (χ1n) is 6.83. The van der Waals surface area contributed by atoms with Crippen LogP contribution >= 0.6 is 11.6 Å². The van der Waals surface area contributed by atoms with Crippen molar-refractivity contribution < 1.29 is 14.3 Å². The molecule has 0 atom stereocenters. The molecule has 1 aromatic rings. The van der Waals surface area contributed by atoms with Crippen LogP contribution in [0.15, 0.2) is 24.3 Å². The number of ether oxygens (including phenoxy) is 2. The molecule has 1 rings (SSSR count). The Morgan fingerprint density at radius 2 is 1.80 bits per heavy atom. The Bertz CT molecular complexity index is 395. The third-order valence-corrected chi connectivity index (χ3v) is 3.05. The van der Waals surface area contributed by atoms with Gasteiger partial charge in [0.25, 0.3) is 0 Å². The van der Waals surface area contributed by atoms with Gasteiger partial charge in [-0.3, -0.25) is 4.79 Å². The van der Waals surface area contributed by atoms with Crippen LogP contribution in [0.2, 0.25) is 0 Å². The van der Waals surface area contributed by atoms with E-state index >= 15 is 0 Å². The minimum Gasteiger partial charge on any atom is -0.494 e. The quantitative estimate of drug-likeness (QED) is 0.658. The number of amides is 1. The van der Waals surface area contributed by atoms with Crippen molar-refractivity contribution in [2.45, 2.75) is 19.8 Å². The number of benzene rings is 1. The lowest BCUT2D eigenvalue weighted by Crippen LogP contribution is -2.30. The molecule has 1 aromatic carbocycles. The first kappa shape index (κ1) is 16.6. The molecule has 0 spiro atoms. The summed E-state index contributed by atoms with van der Waals surface area (Å²) in [6, 6.07) is 7.46. The number of likely N-dealkylation sites (N-methyl/N-ethyl adjacent to an activating group) is 1. The number of rotatable bonds is 9. The van der Waals surface area contributed by atoms with Crippen molar-refractivity contribution in [1.29, 1.82) is 0 Å². The van der Waals surface area contributed by atoms with Gasteiger partial charge < -0.3 is 14.4 Å². The third kappa shape index (κ3) is 6.15. The monoisotopic (exact) mass is 299 g/mol. The normalized spacial score (nSPS) is 10.2. The fourth-order valence-corrected chi connectivity index (χ4v) is 1.77. The van der Waals surface area contributed by atoms with Crippen molar-refractivity contribution in [1.82, 2.24) is 4.90 Å². The molecule has 0 aliphatic heterocycles. The van der Waals surface area contributed by atoms with E-state index in [-0.39, 0.29) is 5.91 Å². The average Bonchev–Trinajstić information content (AvgIpc) is 2.46. The summed E-state index contributed by atoms with van der Waals surface area (Å²) in [7, 11) is 1.78. The van der Waals surface area contributed by atoms with Gasteiger partial charge in [-0.1, -0.05) is 0 Å². The lowest BCUT2D eigenvalue weighted by atomic mass is 10.3. The molecule has 0 saturated heterocycles. The van der Waals surface area contributed by atoms with E-state index in [1.54, 1.807) is 11.9 Å². The standard InChI is InChI=1S/C15H22ClNO3/c1-3-19-13-6-8-14(9-7-13)20-12-11-17(2)15(18)5-4-10-16/h6-9H,3-5,10-12H2,1-2H3. The maximum Gasteiger partial charge on any atom is 0.222 e. The van der Waals surface area contributed by atoms with Crippen LogP contribution in [0.4, 0.5) is 0 Å². The molecular formula is C15H22ClNO3. The summed E-state index contributed by atoms with van der Waals surface area (Å²) >= 11 is 5.56. The van der Waals surface area contributed by atoms with Gasteiger partial charge in [-0.15, -0.1) is 11.6 Å². The van der Waals surface area contributed by atoms with Crippen molar-refractivity contribution >= 4 is 17.5 Å². The topological polar surface area (TPSA) is 38.8 Å². The van der Waals surface area contributed by atoms with Crippen molar-refractivity contribution in [3.8, 4) is 11.5 Å². The molecule has 0 radical (unpaired) electrons. The molecule has 0 fully saturated rings. The van der Waals surface area contributed by atoms with Gasteiger partial charge >= 0.3 is 0 Å². The summed E-state index contributed by atoms with van der Waals surface area (Å²) < 4.78 is 10.9. The maximum absolute atomic E-state index is 11.7. The van der Waals surface area contributed by atoms with E-state index in [0.717, 1.165) is 11.5 Å². The van der Waals surface area contributed by atoms with E-state index in [9.17, 15) is 4.79 Å². The molecule has 0 aliphatic rings. The summed E-state index contributed by atoms with van der Waals surface area (Å²) in [5, 5.41) is 0. The second-order valence-electron chi connectivity index (χ2n) is 4.36. The zero-order chi connectivity index (χ0) is 14.8. The minimum absolute atomic E-state index is 0.0981. The molecule has 0 unspecified atom stereocenters.